The van der Waals surface area contributed by atoms with Gasteiger partial charge in [0.2, 0.25) is 5.91 Å². The zero-order valence-electron chi connectivity index (χ0n) is 10.3. The minimum absolute atomic E-state index is 0.0251. The first-order valence-electron chi connectivity index (χ1n) is 6.55. The molecule has 0 bridgehead atoms. The Morgan fingerprint density at radius 1 is 1.22 bits per heavy atom. The highest BCUT2D eigenvalue weighted by atomic mass is 16.4. The molecule has 0 aromatic rings. The molecule has 1 saturated carbocycles. The van der Waals surface area contributed by atoms with Crippen molar-refractivity contribution in [2.24, 2.45) is 17.6 Å². The van der Waals surface area contributed by atoms with E-state index in [9.17, 15) is 9.59 Å². The van der Waals surface area contributed by atoms with Gasteiger partial charge >= 0.3 is 5.97 Å². The van der Waals surface area contributed by atoms with Crippen LogP contribution in [0.15, 0.2) is 12.2 Å². The van der Waals surface area contributed by atoms with E-state index in [4.69, 9.17) is 10.8 Å². The van der Waals surface area contributed by atoms with Crippen LogP contribution in [-0.2, 0) is 9.59 Å². The van der Waals surface area contributed by atoms with Crippen molar-refractivity contribution in [2.75, 3.05) is 0 Å². The number of carboxylic acid groups (broad SMARTS) is 1. The number of rotatable bonds is 3. The maximum Gasteiger partial charge on any atom is 0.310 e. The van der Waals surface area contributed by atoms with Gasteiger partial charge in [-0.3, -0.25) is 9.59 Å². The number of amides is 1. The predicted molar refractivity (Wildman–Crippen MR) is 66.7 cm³/mol. The van der Waals surface area contributed by atoms with Gasteiger partial charge < -0.3 is 16.2 Å². The fourth-order valence-electron chi connectivity index (χ4n) is 2.76. The highest BCUT2D eigenvalue weighted by molar-refractivity contribution is 5.80. The molecule has 5 heteroatoms. The number of aliphatic carboxylic acids is 1. The van der Waals surface area contributed by atoms with E-state index in [1.165, 1.54) is 0 Å². The fourth-order valence-corrected chi connectivity index (χ4v) is 2.76. The standard InChI is InChI=1S/C13H20N2O3/c14-11-4-2-1-3-10(11)12(16)15-9-6-5-8(7-9)13(17)18/h5-6,8-11H,1-4,7,14H2,(H,15,16)(H,17,18). The molecule has 0 heterocycles. The molecule has 18 heavy (non-hydrogen) atoms. The van der Waals surface area contributed by atoms with Gasteiger partial charge in [0.15, 0.2) is 0 Å². The molecular weight excluding hydrogens is 232 g/mol. The number of hydrogen-bond donors (Lipinski definition) is 3. The number of carbonyl (C=O) groups is 2. The lowest BCUT2D eigenvalue weighted by molar-refractivity contribution is -0.140. The first kappa shape index (κ1) is 13.1. The molecule has 0 saturated heterocycles. The summed E-state index contributed by atoms with van der Waals surface area (Å²) in [6, 6.07) is -0.216. The fraction of sp³-hybridized carbons (Fsp3) is 0.692. The van der Waals surface area contributed by atoms with E-state index in [-0.39, 0.29) is 23.9 Å². The highest BCUT2D eigenvalue weighted by Crippen LogP contribution is 2.24. The average Bonchev–Trinajstić information content (AvgIpc) is 2.78. The molecule has 2 rings (SSSR count). The van der Waals surface area contributed by atoms with Gasteiger partial charge in [-0.15, -0.1) is 0 Å². The lowest BCUT2D eigenvalue weighted by atomic mass is 9.84. The molecule has 4 N–H and O–H groups in total. The Balaban J connectivity index is 1.85. The van der Waals surface area contributed by atoms with Crippen molar-refractivity contribution in [1.29, 1.82) is 0 Å². The minimum atomic E-state index is -0.836. The van der Waals surface area contributed by atoms with Crippen LogP contribution in [0.3, 0.4) is 0 Å². The summed E-state index contributed by atoms with van der Waals surface area (Å²) in [4.78, 5) is 22.9. The summed E-state index contributed by atoms with van der Waals surface area (Å²) in [6.07, 6.45) is 7.74. The Morgan fingerprint density at radius 2 is 1.94 bits per heavy atom. The van der Waals surface area contributed by atoms with Crippen molar-refractivity contribution in [1.82, 2.24) is 5.32 Å². The van der Waals surface area contributed by atoms with Gasteiger partial charge in [0.1, 0.15) is 0 Å². The molecular formula is C13H20N2O3. The van der Waals surface area contributed by atoms with Gasteiger partial charge in [0, 0.05) is 12.1 Å². The van der Waals surface area contributed by atoms with Gasteiger partial charge in [0.05, 0.1) is 11.8 Å². The van der Waals surface area contributed by atoms with Gasteiger partial charge in [-0.1, -0.05) is 25.0 Å². The number of carboxylic acids is 1. The average molecular weight is 252 g/mol. The maximum absolute atomic E-state index is 12.1. The van der Waals surface area contributed by atoms with Crippen LogP contribution in [0, 0.1) is 11.8 Å². The molecule has 2 aliphatic carbocycles. The first-order valence-corrected chi connectivity index (χ1v) is 6.55. The molecule has 1 amide bonds. The minimum Gasteiger partial charge on any atom is -0.481 e. The zero-order valence-corrected chi connectivity index (χ0v) is 10.3. The predicted octanol–water partition coefficient (Wildman–Crippen LogP) is 0.649. The van der Waals surface area contributed by atoms with E-state index in [0.717, 1.165) is 25.7 Å². The molecule has 5 nitrogen and oxygen atoms in total. The normalized spacial score (nSPS) is 35.4. The van der Waals surface area contributed by atoms with Crippen LogP contribution in [0.5, 0.6) is 0 Å². The number of nitrogens with one attached hydrogen (secondary N) is 1. The lowest BCUT2D eigenvalue weighted by Crippen LogP contribution is -2.46. The second-order valence-corrected chi connectivity index (χ2v) is 5.24. The lowest BCUT2D eigenvalue weighted by Gasteiger charge is -2.28. The number of carbonyl (C=O) groups excluding carboxylic acids is 1. The third-order valence-corrected chi connectivity index (χ3v) is 3.88. The second-order valence-electron chi connectivity index (χ2n) is 5.24. The molecule has 4 unspecified atom stereocenters. The Morgan fingerprint density at radius 3 is 2.56 bits per heavy atom. The molecule has 4 atom stereocenters. The van der Waals surface area contributed by atoms with Crippen molar-refractivity contribution >= 4 is 11.9 Å². The summed E-state index contributed by atoms with van der Waals surface area (Å²) in [5, 5.41) is 11.8. The largest absolute Gasteiger partial charge is 0.481 e. The van der Waals surface area contributed by atoms with Crippen molar-refractivity contribution in [3.05, 3.63) is 12.2 Å². The van der Waals surface area contributed by atoms with Crippen LogP contribution in [0.2, 0.25) is 0 Å². The van der Waals surface area contributed by atoms with E-state index < -0.39 is 11.9 Å². The number of hydrogen-bond acceptors (Lipinski definition) is 3. The molecule has 0 aromatic heterocycles. The Bertz CT molecular complexity index is 367. The SMILES string of the molecule is NC1CCCCC1C(=O)NC1C=CC(C(=O)O)C1. The molecule has 0 radical (unpaired) electrons. The van der Waals surface area contributed by atoms with Crippen LogP contribution < -0.4 is 11.1 Å². The van der Waals surface area contributed by atoms with E-state index in [1.54, 1.807) is 12.2 Å². The van der Waals surface area contributed by atoms with Crippen LogP contribution in [0.1, 0.15) is 32.1 Å². The Labute approximate surface area is 106 Å². The molecule has 0 spiro atoms. The van der Waals surface area contributed by atoms with Gasteiger partial charge in [-0.2, -0.15) is 0 Å². The summed E-state index contributed by atoms with van der Waals surface area (Å²) >= 11 is 0. The highest BCUT2D eigenvalue weighted by Gasteiger charge is 2.31. The smallest absolute Gasteiger partial charge is 0.310 e. The molecule has 1 fully saturated rings. The topological polar surface area (TPSA) is 92.4 Å². The maximum atomic E-state index is 12.1. The monoisotopic (exact) mass is 252 g/mol. The molecule has 2 aliphatic rings. The Hall–Kier alpha value is -1.36. The van der Waals surface area contributed by atoms with Crippen LogP contribution >= 0.6 is 0 Å². The Kier molecular flexibility index (Phi) is 4.01. The summed E-state index contributed by atoms with van der Waals surface area (Å²) in [5.41, 5.74) is 5.96. The van der Waals surface area contributed by atoms with Crippen molar-refractivity contribution in [3.8, 4) is 0 Å². The van der Waals surface area contributed by atoms with Crippen molar-refractivity contribution in [3.63, 3.8) is 0 Å². The van der Waals surface area contributed by atoms with Crippen LogP contribution in [-0.4, -0.2) is 29.1 Å². The quantitative estimate of drug-likeness (QED) is 0.643. The van der Waals surface area contributed by atoms with Gasteiger partial charge in [0.25, 0.3) is 0 Å². The summed E-state index contributed by atoms with van der Waals surface area (Å²) in [7, 11) is 0. The van der Waals surface area contributed by atoms with Crippen LogP contribution in [0.25, 0.3) is 0 Å². The van der Waals surface area contributed by atoms with E-state index >= 15 is 0 Å². The van der Waals surface area contributed by atoms with Gasteiger partial charge in [-0.05, 0) is 19.3 Å². The van der Waals surface area contributed by atoms with Crippen LogP contribution in [0.4, 0.5) is 0 Å². The molecule has 0 aromatic carbocycles. The van der Waals surface area contributed by atoms with E-state index in [0.29, 0.717) is 6.42 Å². The first-order chi connectivity index (χ1) is 8.58. The second kappa shape index (κ2) is 5.52. The third-order valence-electron chi connectivity index (χ3n) is 3.88. The summed E-state index contributed by atoms with van der Waals surface area (Å²) in [6.45, 7) is 0. The summed E-state index contributed by atoms with van der Waals surface area (Å²) < 4.78 is 0. The molecule has 0 aliphatic heterocycles. The molecule has 100 valence electrons. The third kappa shape index (κ3) is 2.90. The van der Waals surface area contributed by atoms with Gasteiger partial charge in [-0.25, -0.2) is 0 Å². The summed E-state index contributed by atoms with van der Waals surface area (Å²) in [5.74, 6) is -1.45. The zero-order chi connectivity index (χ0) is 13.1. The van der Waals surface area contributed by atoms with E-state index in [1.807, 2.05) is 0 Å². The van der Waals surface area contributed by atoms with Crippen molar-refractivity contribution < 1.29 is 14.7 Å². The number of nitrogens with two attached hydrogens (primary N) is 1. The van der Waals surface area contributed by atoms with E-state index in [2.05, 4.69) is 5.32 Å². The van der Waals surface area contributed by atoms with Crippen molar-refractivity contribution in [2.45, 2.75) is 44.2 Å².